The fraction of sp³-hybridized carbons (Fsp3) is 0.800. The third-order valence-corrected chi connectivity index (χ3v) is 6.38. The van der Waals surface area contributed by atoms with Gasteiger partial charge in [0.1, 0.15) is 0 Å². The van der Waals surface area contributed by atoms with Crippen molar-refractivity contribution < 1.29 is 19.2 Å². The zero-order chi connectivity index (χ0) is 12.5. The third kappa shape index (κ3) is 1.94. The van der Waals surface area contributed by atoms with Crippen LogP contribution in [0.25, 0.3) is 0 Å². The maximum absolute atomic E-state index is 12.1. The van der Waals surface area contributed by atoms with Gasteiger partial charge in [0.15, 0.2) is 5.54 Å². The van der Waals surface area contributed by atoms with E-state index in [4.69, 9.17) is 9.57 Å². The van der Waals surface area contributed by atoms with Gasteiger partial charge in [-0.25, -0.2) is 9.86 Å². The van der Waals surface area contributed by atoms with E-state index < -0.39 is 5.54 Å². The summed E-state index contributed by atoms with van der Waals surface area (Å²) in [4.78, 5) is 29.0. The molecule has 0 N–H and O–H groups in total. The zero-order valence-corrected chi connectivity index (χ0v) is 11.4. The molecule has 1 atom stereocenters. The molecule has 0 radical (unpaired) electrons. The summed E-state index contributed by atoms with van der Waals surface area (Å²) in [5.74, 6) is 1.45. The number of hydroxylamine groups is 2. The van der Waals surface area contributed by atoms with Crippen LogP contribution in [0.1, 0.15) is 12.8 Å². The molecule has 2 saturated heterocycles. The summed E-state index contributed by atoms with van der Waals surface area (Å²) in [6, 6.07) is 0. The minimum Gasteiger partial charge on any atom is -0.467 e. The van der Waals surface area contributed by atoms with Crippen molar-refractivity contribution in [1.82, 2.24) is 5.06 Å². The molecular formula is C10H15NO4S2. The molecule has 1 amide bonds. The second-order valence-electron chi connectivity index (χ2n) is 3.86. The molecule has 0 aromatic rings. The summed E-state index contributed by atoms with van der Waals surface area (Å²) in [5, 5.41) is 1.22. The van der Waals surface area contributed by atoms with Crippen molar-refractivity contribution in [1.29, 1.82) is 0 Å². The van der Waals surface area contributed by atoms with Crippen LogP contribution >= 0.6 is 23.5 Å². The Morgan fingerprint density at radius 1 is 1.41 bits per heavy atom. The summed E-state index contributed by atoms with van der Waals surface area (Å²) in [6.07, 6.45) is 0.803. The number of carbonyl (C=O) groups is 2. The largest absolute Gasteiger partial charge is 0.467 e. The number of rotatable bonds is 3. The van der Waals surface area contributed by atoms with Crippen molar-refractivity contribution in [2.45, 2.75) is 23.0 Å². The Kier molecular flexibility index (Phi) is 3.89. The highest BCUT2D eigenvalue weighted by atomic mass is 32.2. The van der Waals surface area contributed by atoms with Gasteiger partial charge in [-0.15, -0.1) is 23.5 Å². The smallest absolute Gasteiger partial charge is 0.336 e. The standard InChI is InChI=1S/C10H15NO4S2/c1-14-8(13)10(9-16-5-6-17-9)4-3-7(12)11(10)15-2/h9H,3-6H2,1-2H3. The maximum Gasteiger partial charge on any atom is 0.336 e. The molecule has 0 aromatic carbocycles. The molecule has 17 heavy (non-hydrogen) atoms. The van der Waals surface area contributed by atoms with Crippen LogP contribution in [0.2, 0.25) is 0 Å². The van der Waals surface area contributed by atoms with Gasteiger partial charge >= 0.3 is 5.97 Å². The molecule has 0 spiro atoms. The molecule has 0 aliphatic carbocycles. The highest BCUT2D eigenvalue weighted by molar-refractivity contribution is 8.20. The van der Waals surface area contributed by atoms with Gasteiger partial charge in [-0.05, 0) is 6.42 Å². The Bertz CT molecular complexity index is 332. The van der Waals surface area contributed by atoms with Crippen LogP contribution in [-0.2, 0) is 19.2 Å². The fourth-order valence-corrected chi connectivity index (χ4v) is 5.62. The second kappa shape index (κ2) is 5.07. The van der Waals surface area contributed by atoms with Crippen LogP contribution in [0.15, 0.2) is 0 Å². The minimum atomic E-state index is -0.952. The monoisotopic (exact) mass is 277 g/mol. The fourth-order valence-electron chi connectivity index (χ4n) is 2.29. The first-order chi connectivity index (χ1) is 8.16. The van der Waals surface area contributed by atoms with Crippen molar-refractivity contribution in [3.05, 3.63) is 0 Å². The lowest BCUT2D eigenvalue weighted by atomic mass is 10.00. The van der Waals surface area contributed by atoms with E-state index in [2.05, 4.69) is 0 Å². The molecule has 2 fully saturated rings. The number of nitrogens with zero attached hydrogens (tertiary/aromatic N) is 1. The van der Waals surface area contributed by atoms with E-state index >= 15 is 0 Å². The summed E-state index contributed by atoms with van der Waals surface area (Å²) in [7, 11) is 2.77. The Labute approximate surface area is 109 Å². The van der Waals surface area contributed by atoms with Gasteiger partial charge < -0.3 is 4.74 Å². The Morgan fingerprint density at radius 3 is 2.59 bits per heavy atom. The predicted molar refractivity (Wildman–Crippen MR) is 66.5 cm³/mol. The van der Waals surface area contributed by atoms with Crippen molar-refractivity contribution in [2.75, 3.05) is 25.7 Å². The number of thioether (sulfide) groups is 2. The van der Waals surface area contributed by atoms with Crippen molar-refractivity contribution in [2.24, 2.45) is 0 Å². The van der Waals surface area contributed by atoms with Crippen LogP contribution in [0, 0.1) is 0 Å². The van der Waals surface area contributed by atoms with Crippen molar-refractivity contribution in [3.63, 3.8) is 0 Å². The normalized spacial score (nSPS) is 30.0. The van der Waals surface area contributed by atoms with Crippen molar-refractivity contribution in [3.8, 4) is 0 Å². The first-order valence-electron chi connectivity index (χ1n) is 5.35. The van der Waals surface area contributed by atoms with Crippen molar-refractivity contribution >= 4 is 35.4 Å². The summed E-state index contributed by atoms with van der Waals surface area (Å²) in [5.41, 5.74) is -0.952. The van der Waals surface area contributed by atoms with Gasteiger partial charge in [-0.2, -0.15) is 0 Å². The molecule has 2 heterocycles. The number of hydrogen-bond donors (Lipinski definition) is 0. The summed E-state index contributed by atoms with van der Waals surface area (Å²) >= 11 is 3.38. The number of methoxy groups -OCH3 is 1. The average molecular weight is 277 g/mol. The number of hydrogen-bond acceptors (Lipinski definition) is 6. The molecule has 0 aromatic heterocycles. The molecule has 5 nitrogen and oxygen atoms in total. The van der Waals surface area contributed by atoms with Gasteiger partial charge in [0.05, 0.1) is 18.8 Å². The van der Waals surface area contributed by atoms with Gasteiger partial charge in [-0.3, -0.25) is 9.63 Å². The molecule has 2 aliphatic heterocycles. The van der Waals surface area contributed by atoms with Gasteiger partial charge in [-0.1, -0.05) is 0 Å². The zero-order valence-electron chi connectivity index (χ0n) is 9.80. The first-order valence-corrected chi connectivity index (χ1v) is 7.45. The van der Waals surface area contributed by atoms with Crippen LogP contribution in [-0.4, -0.2) is 52.8 Å². The Hall–Kier alpha value is -0.400. The van der Waals surface area contributed by atoms with E-state index in [9.17, 15) is 9.59 Å². The molecule has 0 bridgehead atoms. The number of esters is 1. The lowest BCUT2D eigenvalue weighted by molar-refractivity contribution is -0.204. The van der Waals surface area contributed by atoms with Crippen LogP contribution in [0.3, 0.4) is 0 Å². The topological polar surface area (TPSA) is 55.8 Å². The number of ether oxygens (including phenoxy) is 1. The number of amides is 1. The van der Waals surface area contributed by atoms with E-state index in [1.165, 1.54) is 19.3 Å². The Balaban J connectivity index is 2.35. The molecular weight excluding hydrogens is 262 g/mol. The molecule has 2 rings (SSSR count). The second-order valence-corrected chi connectivity index (χ2v) is 6.58. The van der Waals surface area contributed by atoms with Gasteiger partial charge in [0, 0.05) is 17.9 Å². The molecule has 1 unspecified atom stereocenters. The van der Waals surface area contributed by atoms with Crippen LogP contribution in [0.5, 0.6) is 0 Å². The third-order valence-electron chi connectivity index (χ3n) is 3.04. The lowest BCUT2D eigenvalue weighted by Crippen LogP contribution is -2.57. The van der Waals surface area contributed by atoms with Gasteiger partial charge in [0.2, 0.25) is 5.91 Å². The van der Waals surface area contributed by atoms with E-state index in [0.29, 0.717) is 12.8 Å². The SMILES string of the molecule is COC(=O)C1(C2SCCS2)CCC(=O)N1OC. The predicted octanol–water partition coefficient (Wildman–Crippen LogP) is 0.888. The number of carbonyl (C=O) groups excluding carboxylic acids is 2. The minimum absolute atomic E-state index is 0.00125. The van der Waals surface area contributed by atoms with Gasteiger partial charge in [0.25, 0.3) is 0 Å². The van der Waals surface area contributed by atoms with Crippen LogP contribution < -0.4 is 0 Å². The molecule has 7 heteroatoms. The van der Waals surface area contributed by atoms with Crippen LogP contribution in [0.4, 0.5) is 0 Å². The Morgan fingerprint density at radius 2 is 2.06 bits per heavy atom. The maximum atomic E-state index is 12.1. The quantitative estimate of drug-likeness (QED) is 0.714. The average Bonchev–Trinajstić information content (AvgIpc) is 2.95. The van der Waals surface area contributed by atoms with E-state index in [-0.39, 0.29) is 16.5 Å². The molecule has 96 valence electrons. The summed E-state index contributed by atoms with van der Waals surface area (Å²) in [6.45, 7) is 0. The van der Waals surface area contributed by atoms with E-state index in [0.717, 1.165) is 11.5 Å². The van der Waals surface area contributed by atoms with E-state index in [1.54, 1.807) is 23.5 Å². The summed E-state index contributed by atoms with van der Waals surface area (Å²) < 4.78 is 4.89. The molecule has 2 aliphatic rings. The highest BCUT2D eigenvalue weighted by Gasteiger charge is 2.59. The first kappa shape index (κ1) is 13.0. The molecule has 0 saturated carbocycles. The van der Waals surface area contributed by atoms with E-state index in [1.807, 2.05) is 0 Å². The highest BCUT2D eigenvalue weighted by Crippen LogP contribution is 2.48. The lowest BCUT2D eigenvalue weighted by Gasteiger charge is -2.37.